The van der Waals surface area contributed by atoms with Crippen LogP contribution in [0.3, 0.4) is 0 Å². The van der Waals surface area contributed by atoms with Gasteiger partial charge in [-0.1, -0.05) is 0 Å². The van der Waals surface area contributed by atoms with Crippen molar-refractivity contribution in [3.63, 3.8) is 0 Å². The first-order valence-electron chi connectivity index (χ1n) is 5.56. The molecule has 5 nitrogen and oxygen atoms in total. The summed E-state index contributed by atoms with van der Waals surface area (Å²) in [6.07, 6.45) is -9.19. The first-order valence-corrected chi connectivity index (χ1v) is 5.56. The van der Waals surface area contributed by atoms with Crippen molar-refractivity contribution in [3.8, 4) is 11.6 Å². The number of halogens is 5. The standard InChI is InChI=1S/C11H10F5NO4/c1-2-20-7(18)4-5-3-6(21-11(14,15)16)17-8(9(5)19)10(12)13/h3,10,19H,2,4H2,1H3. The van der Waals surface area contributed by atoms with Gasteiger partial charge in [0.2, 0.25) is 5.88 Å². The predicted molar refractivity (Wildman–Crippen MR) is 57.9 cm³/mol. The maximum Gasteiger partial charge on any atom is 0.574 e. The second-order valence-corrected chi connectivity index (χ2v) is 3.68. The Balaban J connectivity index is 3.18. The van der Waals surface area contributed by atoms with Crippen LogP contribution in [0.4, 0.5) is 22.0 Å². The monoisotopic (exact) mass is 315 g/mol. The maximum atomic E-state index is 12.6. The molecule has 0 saturated carbocycles. The van der Waals surface area contributed by atoms with Crippen molar-refractivity contribution < 1.29 is 41.3 Å². The average Bonchev–Trinajstić information content (AvgIpc) is 2.31. The van der Waals surface area contributed by atoms with E-state index in [1.807, 2.05) is 0 Å². The van der Waals surface area contributed by atoms with Gasteiger partial charge < -0.3 is 14.6 Å². The predicted octanol–water partition coefficient (Wildman–Crippen LogP) is 2.73. The number of aromatic nitrogens is 1. The van der Waals surface area contributed by atoms with Gasteiger partial charge in [0, 0.05) is 11.6 Å². The Morgan fingerprint density at radius 3 is 2.52 bits per heavy atom. The minimum Gasteiger partial charge on any atom is -0.505 e. The molecule has 0 aliphatic heterocycles. The van der Waals surface area contributed by atoms with Gasteiger partial charge in [0.15, 0.2) is 5.69 Å². The summed E-state index contributed by atoms with van der Waals surface area (Å²) in [6, 6.07) is 0.547. The van der Waals surface area contributed by atoms with Crippen LogP contribution in [0.25, 0.3) is 0 Å². The topological polar surface area (TPSA) is 68.7 Å². The van der Waals surface area contributed by atoms with Crippen LogP contribution in [0.5, 0.6) is 11.6 Å². The molecule has 0 bridgehead atoms. The Bertz CT molecular complexity index is 518. The van der Waals surface area contributed by atoms with Crippen LogP contribution in [-0.4, -0.2) is 29.0 Å². The Kier molecular flexibility index (Phi) is 5.28. The molecule has 118 valence electrons. The fourth-order valence-electron chi connectivity index (χ4n) is 1.41. The molecular weight excluding hydrogens is 305 g/mol. The smallest absolute Gasteiger partial charge is 0.505 e. The molecule has 0 aromatic carbocycles. The van der Waals surface area contributed by atoms with Crippen LogP contribution < -0.4 is 4.74 Å². The second kappa shape index (κ2) is 6.55. The number of ether oxygens (including phenoxy) is 2. The van der Waals surface area contributed by atoms with Gasteiger partial charge in [0.1, 0.15) is 5.75 Å². The molecule has 0 atom stereocenters. The molecule has 10 heteroatoms. The molecule has 0 unspecified atom stereocenters. The minimum absolute atomic E-state index is 0.0156. The normalized spacial score (nSPS) is 11.6. The number of hydrogen-bond acceptors (Lipinski definition) is 5. The third kappa shape index (κ3) is 5.04. The van der Waals surface area contributed by atoms with Crippen molar-refractivity contribution in [2.75, 3.05) is 6.61 Å². The summed E-state index contributed by atoms with van der Waals surface area (Å²) in [5.41, 5.74) is -1.81. The van der Waals surface area contributed by atoms with Gasteiger partial charge in [-0.05, 0) is 6.92 Å². The fourth-order valence-corrected chi connectivity index (χ4v) is 1.41. The van der Waals surface area contributed by atoms with E-state index >= 15 is 0 Å². The van der Waals surface area contributed by atoms with E-state index in [0.717, 1.165) is 0 Å². The third-order valence-electron chi connectivity index (χ3n) is 2.14. The van der Waals surface area contributed by atoms with E-state index in [9.17, 15) is 31.9 Å². The van der Waals surface area contributed by atoms with Gasteiger partial charge in [0.05, 0.1) is 13.0 Å². The third-order valence-corrected chi connectivity index (χ3v) is 2.14. The SMILES string of the molecule is CCOC(=O)Cc1cc(OC(F)(F)F)nc(C(F)F)c1O. The summed E-state index contributed by atoms with van der Waals surface area (Å²) >= 11 is 0. The van der Waals surface area contributed by atoms with Gasteiger partial charge in [-0.25, -0.2) is 13.8 Å². The molecule has 21 heavy (non-hydrogen) atoms. The number of nitrogens with zero attached hydrogens (tertiary/aromatic N) is 1. The van der Waals surface area contributed by atoms with Crippen molar-refractivity contribution >= 4 is 5.97 Å². The summed E-state index contributed by atoms with van der Waals surface area (Å²) in [5, 5.41) is 9.51. The zero-order chi connectivity index (χ0) is 16.2. The van der Waals surface area contributed by atoms with E-state index in [4.69, 9.17) is 0 Å². The molecule has 0 radical (unpaired) electrons. The lowest BCUT2D eigenvalue weighted by Gasteiger charge is -2.13. The molecule has 1 aromatic rings. The van der Waals surface area contributed by atoms with Crippen molar-refractivity contribution in [1.29, 1.82) is 0 Å². The van der Waals surface area contributed by atoms with E-state index in [2.05, 4.69) is 14.5 Å². The number of esters is 1. The lowest BCUT2D eigenvalue weighted by Crippen LogP contribution is -2.19. The first-order chi connectivity index (χ1) is 9.64. The molecular formula is C11H10F5NO4. The molecule has 0 saturated heterocycles. The van der Waals surface area contributed by atoms with E-state index in [0.29, 0.717) is 6.07 Å². The fraction of sp³-hybridized carbons (Fsp3) is 0.455. The highest BCUT2D eigenvalue weighted by molar-refractivity contribution is 5.73. The molecule has 0 fully saturated rings. The highest BCUT2D eigenvalue weighted by atomic mass is 19.4. The molecule has 1 heterocycles. The minimum atomic E-state index is -5.15. The zero-order valence-electron chi connectivity index (χ0n) is 10.6. The van der Waals surface area contributed by atoms with Crippen molar-refractivity contribution in [2.24, 2.45) is 0 Å². The molecule has 0 aliphatic rings. The Hall–Kier alpha value is -2.13. The van der Waals surface area contributed by atoms with Crippen molar-refractivity contribution in [2.45, 2.75) is 26.1 Å². The van der Waals surface area contributed by atoms with E-state index < -0.39 is 48.1 Å². The van der Waals surface area contributed by atoms with Crippen molar-refractivity contribution in [1.82, 2.24) is 4.98 Å². The number of hydrogen-bond donors (Lipinski definition) is 1. The molecule has 0 spiro atoms. The second-order valence-electron chi connectivity index (χ2n) is 3.68. The molecule has 1 N–H and O–H groups in total. The van der Waals surface area contributed by atoms with Crippen LogP contribution in [0.2, 0.25) is 0 Å². The number of pyridine rings is 1. The highest BCUT2D eigenvalue weighted by Gasteiger charge is 2.33. The van der Waals surface area contributed by atoms with Crippen LogP contribution >= 0.6 is 0 Å². The first kappa shape index (κ1) is 16.9. The van der Waals surface area contributed by atoms with Crippen molar-refractivity contribution in [3.05, 3.63) is 17.3 Å². The Morgan fingerprint density at radius 2 is 2.05 bits per heavy atom. The van der Waals surface area contributed by atoms with Crippen LogP contribution in [0.1, 0.15) is 24.6 Å². The quantitative estimate of drug-likeness (QED) is 0.668. The number of rotatable bonds is 5. The van der Waals surface area contributed by atoms with E-state index in [1.165, 1.54) is 6.92 Å². The van der Waals surface area contributed by atoms with Crippen LogP contribution in [0.15, 0.2) is 6.07 Å². The van der Waals surface area contributed by atoms with Gasteiger partial charge in [-0.15, -0.1) is 13.2 Å². The highest BCUT2D eigenvalue weighted by Crippen LogP contribution is 2.34. The molecule has 0 amide bonds. The number of carbonyl (C=O) groups is 1. The summed E-state index contributed by atoms with van der Waals surface area (Å²) in [4.78, 5) is 14.1. The van der Waals surface area contributed by atoms with E-state index in [-0.39, 0.29) is 6.61 Å². The number of aromatic hydroxyl groups is 1. The lowest BCUT2D eigenvalue weighted by molar-refractivity contribution is -0.276. The van der Waals surface area contributed by atoms with Gasteiger partial charge >= 0.3 is 12.3 Å². The zero-order valence-corrected chi connectivity index (χ0v) is 10.6. The summed E-state index contributed by atoms with van der Waals surface area (Å²) in [6.45, 7) is 1.46. The maximum absolute atomic E-state index is 12.6. The summed E-state index contributed by atoms with van der Waals surface area (Å²) in [7, 11) is 0. The summed E-state index contributed by atoms with van der Waals surface area (Å²) in [5.74, 6) is -3.18. The van der Waals surface area contributed by atoms with Gasteiger partial charge in [-0.3, -0.25) is 4.79 Å². The lowest BCUT2D eigenvalue weighted by atomic mass is 10.1. The average molecular weight is 315 g/mol. The Morgan fingerprint density at radius 1 is 1.43 bits per heavy atom. The van der Waals surface area contributed by atoms with Gasteiger partial charge in [-0.2, -0.15) is 0 Å². The van der Waals surface area contributed by atoms with Crippen LogP contribution in [-0.2, 0) is 16.0 Å². The largest absolute Gasteiger partial charge is 0.574 e. The molecule has 1 rings (SSSR count). The number of alkyl halides is 5. The molecule has 1 aromatic heterocycles. The van der Waals surface area contributed by atoms with Crippen LogP contribution in [0, 0.1) is 0 Å². The number of carbonyl (C=O) groups excluding carboxylic acids is 1. The summed E-state index contributed by atoms with van der Waals surface area (Å²) < 4.78 is 69.5. The van der Waals surface area contributed by atoms with Gasteiger partial charge in [0.25, 0.3) is 6.43 Å². The molecule has 0 aliphatic carbocycles. The van der Waals surface area contributed by atoms with E-state index in [1.54, 1.807) is 0 Å². The Labute approximate surface area is 115 Å².